The molecule has 1 aliphatic heterocycles. The van der Waals surface area contributed by atoms with Crippen molar-refractivity contribution in [2.24, 2.45) is 7.05 Å². The lowest BCUT2D eigenvalue weighted by atomic mass is 10.2. The smallest absolute Gasteiger partial charge is 0.410 e. The third-order valence-electron chi connectivity index (χ3n) is 7.43. The van der Waals surface area contributed by atoms with Gasteiger partial charge in [-0.3, -0.25) is 18.8 Å². The molecule has 2 amide bonds. The number of ether oxygens (including phenoxy) is 1. The molecule has 5 rings (SSSR count). The Bertz CT molecular complexity index is 1740. The number of hydrogen-bond acceptors (Lipinski definition) is 7. The first kappa shape index (κ1) is 31.4. The van der Waals surface area contributed by atoms with Crippen LogP contribution in [0.4, 0.5) is 4.79 Å². The number of nitrogens with zero attached hydrogens (tertiary/aromatic N) is 7. The lowest BCUT2D eigenvalue weighted by molar-refractivity contribution is -0.131. The highest BCUT2D eigenvalue weighted by Crippen LogP contribution is 2.32. The van der Waals surface area contributed by atoms with Crippen LogP contribution in [0.3, 0.4) is 0 Å². The minimum atomic E-state index is -0.597. The minimum Gasteiger partial charge on any atom is -0.444 e. The van der Waals surface area contributed by atoms with Gasteiger partial charge in [-0.15, -0.1) is 10.2 Å². The zero-order valence-corrected chi connectivity index (χ0v) is 27.2. The van der Waals surface area contributed by atoms with Gasteiger partial charge >= 0.3 is 6.09 Å². The first-order valence-electron chi connectivity index (χ1n) is 14.3. The maximum atomic E-state index is 14.0. The molecule has 0 radical (unpaired) electrons. The molecule has 1 aliphatic rings. The molecule has 0 aliphatic carbocycles. The molecule has 3 heterocycles. The Hall–Kier alpha value is -4.03. The van der Waals surface area contributed by atoms with Crippen LogP contribution in [0.1, 0.15) is 33.4 Å². The number of benzene rings is 2. The number of rotatable bonds is 6. The third kappa shape index (κ3) is 6.27. The van der Waals surface area contributed by atoms with Crippen LogP contribution in [0.2, 0.25) is 5.02 Å². The second-order valence-corrected chi connectivity index (χ2v) is 13.0. The van der Waals surface area contributed by atoms with Crippen molar-refractivity contribution in [1.29, 1.82) is 0 Å². The summed E-state index contributed by atoms with van der Waals surface area (Å²) in [5.74, 6) is 0.362. The molecule has 0 N–H and O–H groups in total. The molecule has 0 bridgehead atoms. The number of thioether (sulfide) groups is 1. The van der Waals surface area contributed by atoms with Gasteiger partial charge in [-0.05, 0) is 58.9 Å². The average molecular weight is 638 g/mol. The highest BCUT2D eigenvalue weighted by Gasteiger charge is 2.33. The number of piperazine rings is 1. The number of aromatic nitrogens is 5. The number of hydrogen-bond donors (Lipinski definition) is 0. The van der Waals surface area contributed by atoms with Crippen LogP contribution in [0.15, 0.2) is 64.5 Å². The van der Waals surface area contributed by atoms with E-state index in [0.29, 0.717) is 58.3 Å². The number of halogens is 1. The van der Waals surface area contributed by atoms with E-state index in [0.717, 1.165) is 0 Å². The maximum Gasteiger partial charge on any atom is 0.410 e. The predicted octanol–water partition coefficient (Wildman–Crippen LogP) is 4.95. The van der Waals surface area contributed by atoms with Crippen molar-refractivity contribution in [2.75, 3.05) is 25.4 Å². The van der Waals surface area contributed by atoms with Gasteiger partial charge in [0.05, 0.1) is 22.2 Å². The lowest BCUT2D eigenvalue weighted by Gasteiger charge is -2.40. The molecule has 44 heavy (non-hydrogen) atoms. The van der Waals surface area contributed by atoms with Crippen molar-refractivity contribution < 1.29 is 14.3 Å². The molecule has 1 fully saturated rings. The Balaban J connectivity index is 1.44. The Labute approximate surface area is 265 Å². The second kappa shape index (κ2) is 12.5. The van der Waals surface area contributed by atoms with Gasteiger partial charge in [0.25, 0.3) is 5.56 Å². The Morgan fingerprint density at radius 1 is 1.05 bits per heavy atom. The van der Waals surface area contributed by atoms with E-state index in [1.807, 2.05) is 90.2 Å². The summed E-state index contributed by atoms with van der Waals surface area (Å²) in [4.78, 5) is 43.5. The fourth-order valence-corrected chi connectivity index (χ4v) is 6.25. The number of carbonyl (C=O) groups excluding carboxylic acids is 2. The molecule has 0 saturated carbocycles. The average Bonchev–Trinajstić information content (AvgIpc) is 3.47. The van der Waals surface area contributed by atoms with Gasteiger partial charge in [0.2, 0.25) is 5.91 Å². The van der Waals surface area contributed by atoms with E-state index in [-0.39, 0.29) is 29.4 Å². The molecule has 2 aromatic heterocycles. The van der Waals surface area contributed by atoms with Crippen LogP contribution in [0, 0.1) is 6.92 Å². The zero-order valence-electron chi connectivity index (χ0n) is 25.7. The van der Waals surface area contributed by atoms with Gasteiger partial charge in [-0.1, -0.05) is 53.7 Å². The summed E-state index contributed by atoms with van der Waals surface area (Å²) in [6.07, 6.45) is -0.383. The molecule has 232 valence electrons. The minimum absolute atomic E-state index is 0.0680. The summed E-state index contributed by atoms with van der Waals surface area (Å²) in [5, 5.41) is 9.72. The van der Waals surface area contributed by atoms with Crippen LogP contribution < -0.4 is 5.56 Å². The standard InChI is InChI=1S/C31H36ClN7O4S/c1-20-18-36(16-17-37(20)30(42)43-31(3,4)5)25(40)19-44-29-34-33-27(23-14-10-11-15-24(23)32)38(29)26-21(2)35(6)39(28(26)41)22-12-8-7-9-13-22/h7-15,20H,16-19H2,1-6H3. The first-order valence-corrected chi connectivity index (χ1v) is 15.7. The summed E-state index contributed by atoms with van der Waals surface area (Å²) >= 11 is 7.78. The normalized spacial score (nSPS) is 15.5. The number of carbonyl (C=O) groups is 2. The Morgan fingerprint density at radius 3 is 2.39 bits per heavy atom. The SMILES string of the molecule is Cc1c(-n2c(SCC(=O)N3CCN(C(=O)OC(C)(C)C)C(C)C3)nnc2-c2ccccc2Cl)c(=O)n(-c2ccccc2)n1C. The monoisotopic (exact) mass is 637 g/mol. The van der Waals surface area contributed by atoms with Gasteiger partial charge in [0.15, 0.2) is 11.0 Å². The molecule has 1 atom stereocenters. The van der Waals surface area contributed by atoms with Gasteiger partial charge in [0.1, 0.15) is 11.3 Å². The Kier molecular flexibility index (Phi) is 8.94. The van der Waals surface area contributed by atoms with Crippen molar-refractivity contribution in [1.82, 2.24) is 33.9 Å². The van der Waals surface area contributed by atoms with Crippen LogP contribution in [0.5, 0.6) is 0 Å². The quantitative estimate of drug-likeness (QED) is 0.276. The van der Waals surface area contributed by atoms with Crippen LogP contribution in [0.25, 0.3) is 22.8 Å². The van der Waals surface area contributed by atoms with Gasteiger partial charge in [-0.2, -0.15) is 0 Å². The van der Waals surface area contributed by atoms with E-state index in [9.17, 15) is 14.4 Å². The lowest BCUT2D eigenvalue weighted by Crippen LogP contribution is -2.56. The second-order valence-electron chi connectivity index (χ2n) is 11.7. The summed E-state index contributed by atoms with van der Waals surface area (Å²) in [6.45, 7) is 10.4. The number of amides is 2. The van der Waals surface area contributed by atoms with Gasteiger partial charge in [0, 0.05) is 38.3 Å². The molecular weight excluding hydrogens is 602 g/mol. The van der Waals surface area contributed by atoms with Crippen LogP contribution in [-0.4, -0.2) is 83.0 Å². The van der Waals surface area contributed by atoms with Gasteiger partial charge in [-0.25, -0.2) is 9.48 Å². The van der Waals surface area contributed by atoms with Crippen LogP contribution >= 0.6 is 23.4 Å². The molecule has 1 unspecified atom stereocenters. The molecule has 11 nitrogen and oxygen atoms in total. The van der Waals surface area contributed by atoms with Crippen molar-refractivity contribution in [3.05, 3.63) is 75.7 Å². The molecule has 4 aromatic rings. The largest absolute Gasteiger partial charge is 0.444 e. The highest BCUT2D eigenvalue weighted by atomic mass is 35.5. The summed E-state index contributed by atoms with van der Waals surface area (Å²) < 4.78 is 10.6. The van der Waals surface area contributed by atoms with Crippen molar-refractivity contribution in [3.8, 4) is 22.8 Å². The molecule has 13 heteroatoms. The van der Waals surface area contributed by atoms with Crippen molar-refractivity contribution in [3.63, 3.8) is 0 Å². The topological polar surface area (TPSA) is 107 Å². The third-order valence-corrected chi connectivity index (χ3v) is 8.67. The molecule has 1 saturated heterocycles. The summed E-state index contributed by atoms with van der Waals surface area (Å²) in [7, 11) is 1.82. The van der Waals surface area contributed by atoms with Crippen molar-refractivity contribution in [2.45, 2.75) is 51.4 Å². The zero-order chi connectivity index (χ0) is 31.8. The Morgan fingerprint density at radius 2 is 1.73 bits per heavy atom. The molecular formula is C31H36ClN7O4S. The summed E-state index contributed by atoms with van der Waals surface area (Å²) in [5.41, 5.74) is 1.52. The van der Waals surface area contributed by atoms with E-state index in [4.69, 9.17) is 16.3 Å². The van der Waals surface area contributed by atoms with Crippen LogP contribution in [-0.2, 0) is 16.6 Å². The summed E-state index contributed by atoms with van der Waals surface area (Å²) in [6, 6.07) is 16.4. The molecule has 2 aromatic carbocycles. The maximum absolute atomic E-state index is 14.0. The first-order chi connectivity index (χ1) is 20.9. The fourth-order valence-electron chi connectivity index (χ4n) is 5.19. The number of para-hydroxylation sites is 1. The van der Waals surface area contributed by atoms with E-state index >= 15 is 0 Å². The fraction of sp³-hybridized carbons (Fsp3) is 0.387. The van der Waals surface area contributed by atoms with E-state index < -0.39 is 5.60 Å². The van der Waals surface area contributed by atoms with E-state index in [2.05, 4.69) is 10.2 Å². The molecule has 0 spiro atoms. The van der Waals surface area contributed by atoms with Crippen molar-refractivity contribution >= 4 is 35.4 Å². The predicted molar refractivity (Wildman–Crippen MR) is 171 cm³/mol. The van der Waals surface area contributed by atoms with E-state index in [1.54, 1.807) is 29.8 Å². The van der Waals surface area contributed by atoms with Gasteiger partial charge < -0.3 is 14.5 Å². The highest BCUT2D eigenvalue weighted by molar-refractivity contribution is 7.99. The van der Waals surface area contributed by atoms with E-state index in [1.165, 1.54) is 11.8 Å².